The smallest absolute Gasteiger partial charge is 0.119 e. The van der Waals surface area contributed by atoms with Gasteiger partial charge in [-0.1, -0.05) is 31.9 Å². The van der Waals surface area contributed by atoms with Crippen LogP contribution in [0.4, 0.5) is 0 Å². The first-order valence-electron chi connectivity index (χ1n) is 6.03. The SMILES string of the molecule is C#CCNC(C)c1ccc(OCC(C)C)cc1. The van der Waals surface area contributed by atoms with Gasteiger partial charge in [0.05, 0.1) is 13.2 Å². The van der Waals surface area contributed by atoms with Gasteiger partial charge in [-0.3, -0.25) is 5.32 Å². The molecule has 1 aromatic carbocycles. The Kier molecular flexibility index (Phi) is 5.59. The van der Waals surface area contributed by atoms with Gasteiger partial charge in [-0.15, -0.1) is 6.42 Å². The van der Waals surface area contributed by atoms with Gasteiger partial charge in [0.1, 0.15) is 5.75 Å². The number of nitrogens with one attached hydrogen (secondary N) is 1. The fraction of sp³-hybridized carbons (Fsp3) is 0.467. The van der Waals surface area contributed by atoms with Crippen LogP contribution in [0.25, 0.3) is 0 Å². The molecule has 0 amide bonds. The van der Waals surface area contributed by atoms with E-state index in [1.807, 2.05) is 12.1 Å². The van der Waals surface area contributed by atoms with Crippen LogP contribution in [-0.4, -0.2) is 13.2 Å². The summed E-state index contributed by atoms with van der Waals surface area (Å²) >= 11 is 0. The molecule has 1 aromatic rings. The topological polar surface area (TPSA) is 21.3 Å². The molecule has 0 radical (unpaired) electrons. The summed E-state index contributed by atoms with van der Waals surface area (Å²) in [7, 11) is 0. The van der Waals surface area contributed by atoms with Crippen LogP contribution in [0, 0.1) is 18.3 Å². The number of hydrogen-bond donors (Lipinski definition) is 1. The Hall–Kier alpha value is -1.46. The molecule has 1 N–H and O–H groups in total. The number of benzene rings is 1. The predicted octanol–water partition coefficient (Wildman–Crippen LogP) is 3.01. The molecule has 0 saturated heterocycles. The van der Waals surface area contributed by atoms with Gasteiger partial charge in [0.25, 0.3) is 0 Å². The highest BCUT2D eigenvalue weighted by atomic mass is 16.5. The number of rotatable bonds is 6. The summed E-state index contributed by atoms with van der Waals surface area (Å²) in [6.07, 6.45) is 5.21. The first kappa shape index (κ1) is 13.6. The van der Waals surface area contributed by atoms with Gasteiger partial charge in [0.15, 0.2) is 0 Å². The van der Waals surface area contributed by atoms with Crippen LogP contribution in [0.3, 0.4) is 0 Å². The average molecular weight is 231 g/mol. The van der Waals surface area contributed by atoms with Crippen molar-refractivity contribution in [2.45, 2.75) is 26.8 Å². The monoisotopic (exact) mass is 231 g/mol. The van der Waals surface area contributed by atoms with Gasteiger partial charge >= 0.3 is 0 Å². The highest BCUT2D eigenvalue weighted by molar-refractivity contribution is 5.29. The van der Waals surface area contributed by atoms with Crippen molar-refractivity contribution in [1.29, 1.82) is 0 Å². The van der Waals surface area contributed by atoms with Crippen molar-refractivity contribution in [3.63, 3.8) is 0 Å². The van der Waals surface area contributed by atoms with E-state index in [9.17, 15) is 0 Å². The largest absolute Gasteiger partial charge is 0.493 e. The average Bonchev–Trinajstić information content (AvgIpc) is 2.34. The van der Waals surface area contributed by atoms with Crippen molar-refractivity contribution in [2.24, 2.45) is 5.92 Å². The minimum atomic E-state index is 0.269. The predicted molar refractivity (Wildman–Crippen MR) is 72.0 cm³/mol. The van der Waals surface area contributed by atoms with E-state index in [1.54, 1.807) is 0 Å². The standard InChI is InChI=1S/C15H21NO/c1-5-10-16-13(4)14-6-8-15(9-7-14)17-11-12(2)3/h1,6-9,12-13,16H,10-11H2,2-4H3. The molecule has 1 atom stereocenters. The quantitative estimate of drug-likeness (QED) is 0.760. The maximum atomic E-state index is 5.63. The maximum Gasteiger partial charge on any atom is 0.119 e. The molecule has 0 aliphatic carbocycles. The maximum absolute atomic E-state index is 5.63. The molecular formula is C15H21NO. The molecule has 1 unspecified atom stereocenters. The van der Waals surface area contributed by atoms with Gasteiger partial charge in [-0.05, 0) is 30.5 Å². The number of terminal acetylenes is 1. The van der Waals surface area contributed by atoms with Gasteiger partial charge in [0.2, 0.25) is 0 Å². The van der Waals surface area contributed by atoms with E-state index in [1.165, 1.54) is 5.56 Å². The van der Waals surface area contributed by atoms with Crippen LogP contribution in [-0.2, 0) is 0 Å². The molecule has 0 heterocycles. The van der Waals surface area contributed by atoms with E-state index in [-0.39, 0.29) is 6.04 Å². The van der Waals surface area contributed by atoms with Crippen LogP contribution in [0.2, 0.25) is 0 Å². The fourth-order valence-corrected chi connectivity index (χ4v) is 1.45. The first-order valence-corrected chi connectivity index (χ1v) is 6.03. The minimum absolute atomic E-state index is 0.269. The van der Waals surface area contributed by atoms with E-state index in [0.717, 1.165) is 12.4 Å². The minimum Gasteiger partial charge on any atom is -0.493 e. The Morgan fingerprint density at radius 3 is 2.41 bits per heavy atom. The summed E-state index contributed by atoms with van der Waals surface area (Å²) in [6, 6.07) is 8.43. The zero-order valence-electron chi connectivity index (χ0n) is 10.9. The highest BCUT2D eigenvalue weighted by Crippen LogP contribution is 2.17. The van der Waals surface area contributed by atoms with E-state index in [4.69, 9.17) is 11.2 Å². The van der Waals surface area contributed by atoms with Crippen LogP contribution >= 0.6 is 0 Å². The molecule has 0 spiro atoms. The first-order chi connectivity index (χ1) is 8.13. The third kappa shape index (κ3) is 4.93. The second kappa shape index (κ2) is 6.98. The zero-order valence-corrected chi connectivity index (χ0v) is 10.9. The molecule has 0 bridgehead atoms. The Labute approximate surface area is 104 Å². The summed E-state index contributed by atoms with van der Waals surface area (Å²) in [6.45, 7) is 7.72. The van der Waals surface area contributed by atoms with Crippen molar-refractivity contribution in [3.8, 4) is 18.1 Å². The molecule has 1 rings (SSSR count). The van der Waals surface area contributed by atoms with Crippen molar-refractivity contribution >= 4 is 0 Å². The molecule has 0 aliphatic rings. The van der Waals surface area contributed by atoms with Crippen molar-refractivity contribution in [3.05, 3.63) is 29.8 Å². The molecule has 0 aliphatic heterocycles. The molecule has 2 nitrogen and oxygen atoms in total. The molecule has 0 aromatic heterocycles. The summed E-state index contributed by atoms with van der Waals surface area (Å²) in [5, 5.41) is 3.24. The van der Waals surface area contributed by atoms with Gasteiger partial charge < -0.3 is 4.74 Å². The van der Waals surface area contributed by atoms with E-state index < -0.39 is 0 Å². The molecule has 2 heteroatoms. The van der Waals surface area contributed by atoms with Gasteiger partial charge in [-0.25, -0.2) is 0 Å². The Morgan fingerprint density at radius 2 is 1.88 bits per heavy atom. The Balaban J connectivity index is 2.52. The van der Waals surface area contributed by atoms with E-state index >= 15 is 0 Å². The van der Waals surface area contributed by atoms with Crippen LogP contribution in [0.5, 0.6) is 5.75 Å². The lowest BCUT2D eigenvalue weighted by Crippen LogP contribution is -2.18. The number of ether oxygens (including phenoxy) is 1. The molecular weight excluding hydrogens is 210 g/mol. The van der Waals surface area contributed by atoms with E-state index in [0.29, 0.717) is 12.5 Å². The molecule has 92 valence electrons. The lowest BCUT2D eigenvalue weighted by Gasteiger charge is -2.13. The van der Waals surface area contributed by atoms with Crippen LogP contribution in [0.1, 0.15) is 32.4 Å². The normalized spacial score (nSPS) is 12.2. The van der Waals surface area contributed by atoms with Gasteiger partial charge in [-0.2, -0.15) is 0 Å². The second-order valence-corrected chi connectivity index (χ2v) is 4.58. The molecule has 17 heavy (non-hydrogen) atoms. The fourth-order valence-electron chi connectivity index (χ4n) is 1.45. The van der Waals surface area contributed by atoms with Crippen molar-refractivity contribution in [1.82, 2.24) is 5.32 Å². The van der Waals surface area contributed by atoms with E-state index in [2.05, 4.69) is 44.1 Å². The van der Waals surface area contributed by atoms with Gasteiger partial charge in [0, 0.05) is 6.04 Å². The molecule has 0 fully saturated rings. The van der Waals surface area contributed by atoms with Crippen LogP contribution < -0.4 is 10.1 Å². The Bertz CT molecular complexity index is 362. The third-order valence-electron chi connectivity index (χ3n) is 2.47. The molecule has 0 saturated carbocycles. The van der Waals surface area contributed by atoms with Crippen molar-refractivity contribution in [2.75, 3.05) is 13.2 Å². The summed E-state index contributed by atoms with van der Waals surface area (Å²) in [5.74, 6) is 4.05. The summed E-state index contributed by atoms with van der Waals surface area (Å²) < 4.78 is 5.63. The second-order valence-electron chi connectivity index (χ2n) is 4.58. The lowest BCUT2D eigenvalue weighted by atomic mass is 10.1. The third-order valence-corrected chi connectivity index (χ3v) is 2.47. The zero-order chi connectivity index (χ0) is 12.7. The highest BCUT2D eigenvalue weighted by Gasteiger charge is 2.04. The number of hydrogen-bond acceptors (Lipinski definition) is 2. The summed E-state index contributed by atoms with van der Waals surface area (Å²) in [5.41, 5.74) is 1.22. The van der Waals surface area contributed by atoms with Crippen LogP contribution in [0.15, 0.2) is 24.3 Å². The summed E-state index contributed by atoms with van der Waals surface area (Å²) in [4.78, 5) is 0. The van der Waals surface area contributed by atoms with Crippen molar-refractivity contribution < 1.29 is 4.74 Å². The lowest BCUT2D eigenvalue weighted by molar-refractivity contribution is 0.271. The Morgan fingerprint density at radius 1 is 1.24 bits per heavy atom.